The number of aliphatic hydroxyl groups is 1. The molecule has 3 fully saturated rings. The van der Waals surface area contributed by atoms with Crippen LogP contribution in [0.3, 0.4) is 0 Å². The Morgan fingerprint density at radius 1 is 0.708 bits per heavy atom. The second-order valence-corrected chi connectivity index (χ2v) is 28.9. The summed E-state index contributed by atoms with van der Waals surface area (Å²) in [7, 11) is -4.59. The lowest BCUT2D eigenvalue weighted by atomic mass is 9.48. The first kappa shape index (κ1) is 38.0. The lowest BCUT2D eigenvalue weighted by Gasteiger charge is -2.59. The van der Waals surface area contributed by atoms with Gasteiger partial charge < -0.3 is 14.0 Å². The Morgan fingerprint density at radius 3 is 1.77 bits per heavy atom. The second kappa shape index (κ2) is 13.4. The van der Waals surface area contributed by atoms with Gasteiger partial charge in [-0.25, -0.2) is 0 Å². The van der Waals surface area contributed by atoms with Crippen LogP contribution in [0.15, 0.2) is 60.7 Å². The Hall–Kier alpha value is -1.25. The Kier molecular flexibility index (Phi) is 10.6. The van der Waals surface area contributed by atoms with Gasteiger partial charge in [-0.3, -0.25) is 0 Å². The van der Waals surface area contributed by atoms with Crippen LogP contribution in [0.4, 0.5) is 0 Å². The van der Waals surface area contributed by atoms with Crippen molar-refractivity contribution >= 4 is 27.0 Å². The molecule has 0 heterocycles. The molecule has 0 aliphatic heterocycles. The lowest BCUT2D eigenvalue weighted by Crippen LogP contribution is -2.67. The van der Waals surface area contributed by atoms with E-state index in [-0.39, 0.29) is 20.9 Å². The zero-order valence-corrected chi connectivity index (χ0v) is 34.8. The third-order valence-electron chi connectivity index (χ3n) is 15.0. The summed E-state index contributed by atoms with van der Waals surface area (Å²) in [5, 5.41) is 14.8. The van der Waals surface area contributed by atoms with Gasteiger partial charge in [0.05, 0.1) is 5.60 Å². The zero-order valence-electron chi connectivity index (χ0n) is 32.8. The van der Waals surface area contributed by atoms with Crippen molar-refractivity contribution in [2.75, 3.05) is 13.2 Å². The number of hydrogen-bond donors (Lipinski definition) is 1. The predicted octanol–water partition coefficient (Wildman–Crippen LogP) is 10.2. The monoisotopic (exact) mass is 690 g/mol. The molecule has 0 spiro atoms. The van der Waals surface area contributed by atoms with Crippen molar-refractivity contribution in [2.45, 2.75) is 143 Å². The molecule has 0 saturated heterocycles. The first-order valence-corrected chi connectivity index (χ1v) is 24.1. The maximum Gasteiger partial charge on any atom is 0.261 e. The van der Waals surface area contributed by atoms with E-state index < -0.39 is 22.2 Å². The molecule has 3 nitrogen and oxygen atoms in total. The van der Waals surface area contributed by atoms with Crippen molar-refractivity contribution in [3.63, 3.8) is 0 Å². The highest BCUT2D eigenvalue weighted by molar-refractivity contribution is 6.99. The highest BCUT2D eigenvalue weighted by Crippen LogP contribution is 2.65. The largest absolute Gasteiger partial charge is 0.417 e. The van der Waals surface area contributed by atoms with Crippen LogP contribution >= 0.6 is 0 Å². The van der Waals surface area contributed by atoms with Crippen LogP contribution < -0.4 is 10.4 Å². The van der Waals surface area contributed by atoms with Crippen molar-refractivity contribution < 1.29 is 14.0 Å². The molecule has 0 aromatic heterocycles. The van der Waals surface area contributed by atoms with Gasteiger partial charge in [0.25, 0.3) is 8.32 Å². The molecule has 0 radical (unpaired) electrons. The summed E-state index contributed by atoms with van der Waals surface area (Å²) in [4.78, 5) is 0. The van der Waals surface area contributed by atoms with E-state index in [4.69, 9.17) is 8.85 Å². The third kappa shape index (κ3) is 6.62. The molecule has 0 amide bonds. The summed E-state index contributed by atoms with van der Waals surface area (Å²) < 4.78 is 14.9. The van der Waals surface area contributed by atoms with E-state index in [1.807, 2.05) is 0 Å². The SMILES string of the molecule is C[C@H]1CC[C@](C)([C@H]2CC[C@@]3(C)[C@@H](CC[C@]3(C)O)[C@@H]2CO[Si](c2ccccc2)(c2ccccc2)C(C)(C)C)[C@@H](CO[Si](C)(C)C(C)(C)C)C1. The molecule has 2 aromatic carbocycles. The molecule has 268 valence electrons. The van der Waals surface area contributed by atoms with Gasteiger partial charge in [-0.15, -0.1) is 0 Å². The van der Waals surface area contributed by atoms with Gasteiger partial charge in [0.15, 0.2) is 8.32 Å². The molecular formula is C43H70O3Si2. The van der Waals surface area contributed by atoms with Crippen LogP contribution in [-0.2, 0) is 8.85 Å². The summed E-state index contributed by atoms with van der Waals surface area (Å²) >= 11 is 0. The van der Waals surface area contributed by atoms with Crippen LogP contribution in [-0.4, -0.2) is 40.6 Å². The van der Waals surface area contributed by atoms with Crippen LogP contribution in [0, 0.1) is 40.4 Å². The van der Waals surface area contributed by atoms with Crippen molar-refractivity contribution in [1.29, 1.82) is 0 Å². The summed E-state index contributed by atoms with van der Waals surface area (Å²) in [6, 6.07) is 22.4. The van der Waals surface area contributed by atoms with Crippen LogP contribution in [0.5, 0.6) is 0 Å². The Bertz CT molecular complexity index is 1320. The number of benzene rings is 2. The second-order valence-electron chi connectivity index (χ2n) is 19.8. The quantitative estimate of drug-likeness (QED) is 0.266. The summed E-state index contributed by atoms with van der Waals surface area (Å²) in [6.07, 6.45) is 8.06. The zero-order chi connectivity index (χ0) is 35.4. The first-order valence-electron chi connectivity index (χ1n) is 19.3. The highest BCUT2D eigenvalue weighted by atomic mass is 28.4. The van der Waals surface area contributed by atoms with Crippen LogP contribution in [0.2, 0.25) is 23.2 Å². The van der Waals surface area contributed by atoms with E-state index in [0.29, 0.717) is 23.7 Å². The summed E-state index contributed by atoms with van der Waals surface area (Å²) in [6.45, 7) is 30.5. The number of fused-ring (bicyclic) bond motifs is 1. The summed E-state index contributed by atoms with van der Waals surface area (Å²) in [5.41, 5.74) is -0.538. The lowest BCUT2D eigenvalue weighted by molar-refractivity contribution is -0.138. The molecule has 3 aliphatic rings. The minimum absolute atomic E-state index is 0.0615. The number of rotatable bonds is 9. The van der Waals surface area contributed by atoms with E-state index in [2.05, 4.69) is 143 Å². The fraction of sp³-hybridized carbons (Fsp3) is 0.721. The molecular weight excluding hydrogens is 621 g/mol. The van der Waals surface area contributed by atoms with Crippen molar-refractivity contribution in [2.24, 2.45) is 40.4 Å². The molecule has 8 atom stereocenters. The smallest absolute Gasteiger partial charge is 0.261 e. The minimum Gasteiger partial charge on any atom is -0.417 e. The van der Waals surface area contributed by atoms with Gasteiger partial charge in [0, 0.05) is 13.2 Å². The van der Waals surface area contributed by atoms with E-state index in [0.717, 1.165) is 38.4 Å². The van der Waals surface area contributed by atoms with Gasteiger partial charge in [-0.2, -0.15) is 0 Å². The molecule has 1 N–H and O–H groups in total. The van der Waals surface area contributed by atoms with Gasteiger partial charge >= 0.3 is 0 Å². The van der Waals surface area contributed by atoms with Gasteiger partial charge in [-0.05, 0) is 119 Å². The molecule has 0 bridgehead atoms. The Labute approximate surface area is 297 Å². The Balaban J connectivity index is 1.58. The topological polar surface area (TPSA) is 38.7 Å². The van der Waals surface area contributed by atoms with Crippen LogP contribution in [0.25, 0.3) is 0 Å². The molecule has 0 unspecified atom stereocenters. The van der Waals surface area contributed by atoms with Crippen LogP contribution in [0.1, 0.15) is 114 Å². The Morgan fingerprint density at radius 2 is 1.25 bits per heavy atom. The first-order chi connectivity index (χ1) is 22.2. The van der Waals surface area contributed by atoms with E-state index in [1.165, 1.54) is 36.1 Å². The van der Waals surface area contributed by atoms with Gasteiger partial charge in [-0.1, -0.05) is 129 Å². The average Bonchev–Trinajstić information content (AvgIpc) is 3.26. The standard InChI is InChI=1S/C43H70O3Si2/c1-32-23-26-41(8,33(29-32)30-45-47(11,12)39(2,3)4)37-24-27-42(9)38(25-28-43(42,10)44)36(37)31-46-48(40(5,6)7,34-19-15-13-16-20-34)35-21-17-14-18-22-35/h13-22,32-33,36-38,44H,23-31H2,1-12H3/t32-,33+,36+,37-,38-,41-,42-,43-/m0/s1. The molecule has 3 aliphatic carbocycles. The normalized spacial score (nSPS) is 35.0. The minimum atomic E-state index is -2.71. The molecule has 2 aromatic rings. The fourth-order valence-corrected chi connectivity index (χ4v) is 16.1. The number of hydrogen-bond acceptors (Lipinski definition) is 3. The van der Waals surface area contributed by atoms with E-state index >= 15 is 0 Å². The van der Waals surface area contributed by atoms with E-state index in [1.54, 1.807) is 0 Å². The van der Waals surface area contributed by atoms with Crippen molar-refractivity contribution in [3.8, 4) is 0 Å². The average molecular weight is 691 g/mol. The molecule has 5 heteroatoms. The predicted molar refractivity (Wildman–Crippen MR) is 209 cm³/mol. The van der Waals surface area contributed by atoms with Crippen molar-refractivity contribution in [1.82, 2.24) is 0 Å². The molecule has 48 heavy (non-hydrogen) atoms. The van der Waals surface area contributed by atoms with Crippen molar-refractivity contribution in [3.05, 3.63) is 60.7 Å². The molecule has 3 saturated carbocycles. The molecule has 5 rings (SSSR count). The fourth-order valence-electron chi connectivity index (χ4n) is 10.5. The maximum absolute atomic E-state index is 11.9. The third-order valence-corrected chi connectivity index (χ3v) is 24.5. The maximum atomic E-state index is 11.9. The highest BCUT2D eigenvalue weighted by Gasteiger charge is 2.63. The summed E-state index contributed by atoms with van der Waals surface area (Å²) in [5.74, 6) is 2.67. The van der Waals surface area contributed by atoms with Gasteiger partial charge in [0.2, 0.25) is 0 Å². The van der Waals surface area contributed by atoms with E-state index in [9.17, 15) is 5.11 Å². The van der Waals surface area contributed by atoms with Gasteiger partial charge in [0.1, 0.15) is 0 Å².